The van der Waals surface area contributed by atoms with E-state index in [0.717, 1.165) is 39.3 Å². The number of nitrogens with zero attached hydrogens (tertiary/aromatic N) is 3. The molecular formula is C13H24N4O2. The van der Waals surface area contributed by atoms with E-state index in [9.17, 15) is 9.59 Å². The third-order valence-corrected chi connectivity index (χ3v) is 3.87. The molecule has 6 nitrogen and oxygen atoms in total. The third-order valence-electron chi connectivity index (χ3n) is 3.87. The lowest BCUT2D eigenvalue weighted by molar-refractivity contribution is -0.137. The Kier molecular flexibility index (Phi) is 4.76. The number of amides is 2. The van der Waals surface area contributed by atoms with Gasteiger partial charge in [0.05, 0.1) is 5.92 Å². The van der Waals surface area contributed by atoms with Gasteiger partial charge >= 0.3 is 0 Å². The van der Waals surface area contributed by atoms with Crippen molar-refractivity contribution in [2.45, 2.75) is 6.42 Å². The molecule has 2 aliphatic heterocycles. The molecule has 0 aromatic carbocycles. The number of nitrogens with one attached hydrogen (secondary N) is 1. The summed E-state index contributed by atoms with van der Waals surface area (Å²) in [5.41, 5.74) is 0. The number of likely N-dealkylation sites (N-methyl/N-ethyl adjacent to an activating group) is 1. The average Bonchev–Trinajstić information content (AvgIpc) is 2.83. The predicted octanol–water partition coefficient (Wildman–Crippen LogP) is -1.17. The first-order valence-corrected chi connectivity index (χ1v) is 6.99. The summed E-state index contributed by atoms with van der Waals surface area (Å²) in [5.74, 6) is 0.00871. The minimum Gasteiger partial charge on any atom is -0.355 e. The van der Waals surface area contributed by atoms with E-state index in [2.05, 4.69) is 29.2 Å². The molecule has 2 amide bonds. The van der Waals surface area contributed by atoms with Crippen LogP contribution in [-0.4, -0.2) is 86.4 Å². The van der Waals surface area contributed by atoms with E-state index in [1.807, 2.05) is 4.90 Å². The summed E-state index contributed by atoms with van der Waals surface area (Å²) in [7, 11) is 4.15. The van der Waals surface area contributed by atoms with E-state index in [0.29, 0.717) is 13.0 Å². The van der Waals surface area contributed by atoms with Crippen molar-refractivity contribution in [3.8, 4) is 0 Å². The molecule has 6 heteroatoms. The van der Waals surface area contributed by atoms with Gasteiger partial charge in [-0.15, -0.1) is 0 Å². The van der Waals surface area contributed by atoms with Gasteiger partial charge in [-0.1, -0.05) is 0 Å². The normalized spacial score (nSPS) is 24.9. The fourth-order valence-electron chi connectivity index (χ4n) is 2.57. The van der Waals surface area contributed by atoms with E-state index in [1.54, 1.807) is 0 Å². The van der Waals surface area contributed by atoms with Crippen LogP contribution in [0.25, 0.3) is 0 Å². The molecule has 1 N–H and O–H groups in total. The SMILES string of the molecule is CN(C)CCN1CCN(C(=O)C2CNC(=O)C2)CC1. The second-order valence-electron chi connectivity index (χ2n) is 5.68. The minimum absolute atomic E-state index is 0.00275. The Balaban J connectivity index is 1.73. The Morgan fingerprint density at radius 1 is 1.32 bits per heavy atom. The van der Waals surface area contributed by atoms with E-state index < -0.39 is 0 Å². The number of hydrogen-bond acceptors (Lipinski definition) is 4. The van der Waals surface area contributed by atoms with Crippen molar-refractivity contribution < 1.29 is 9.59 Å². The lowest BCUT2D eigenvalue weighted by Gasteiger charge is -2.36. The Morgan fingerprint density at radius 3 is 2.53 bits per heavy atom. The van der Waals surface area contributed by atoms with Gasteiger partial charge in [-0.25, -0.2) is 0 Å². The van der Waals surface area contributed by atoms with Gasteiger partial charge in [-0.3, -0.25) is 14.5 Å². The van der Waals surface area contributed by atoms with Crippen LogP contribution in [0, 0.1) is 5.92 Å². The van der Waals surface area contributed by atoms with Gasteiger partial charge in [0.2, 0.25) is 11.8 Å². The van der Waals surface area contributed by atoms with Crippen LogP contribution in [0.5, 0.6) is 0 Å². The molecule has 0 aromatic heterocycles. The number of carbonyl (C=O) groups is 2. The number of rotatable bonds is 4. The zero-order chi connectivity index (χ0) is 13.8. The van der Waals surface area contributed by atoms with Gasteiger partial charge in [-0.05, 0) is 14.1 Å². The fraction of sp³-hybridized carbons (Fsp3) is 0.846. The van der Waals surface area contributed by atoms with E-state index in [4.69, 9.17) is 0 Å². The summed E-state index contributed by atoms with van der Waals surface area (Å²) in [5, 5.41) is 2.73. The second kappa shape index (κ2) is 6.34. The maximum atomic E-state index is 12.2. The van der Waals surface area contributed by atoms with Gasteiger partial charge < -0.3 is 15.1 Å². The van der Waals surface area contributed by atoms with Crippen LogP contribution in [0.2, 0.25) is 0 Å². The fourth-order valence-corrected chi connectivity index (χ4v) is 2.57. The zero-order valence-electron chi connectivity index (χ0n) is 11.9. The summed E-state index contributed by atoms with van der Waals surface area (Å²) in [6.45, 7) is 6.07. The van der Waals surface area contributed by atoms with Crippen LogP contribution in [0.15, 0.2) is 0 Å². The molecule has 0 spiro atoms. The highest BCUT2D eigenvalue weighted by molar-refractivity contribution is 5.89. The summed E-state index contributed by atoms with van der Waals surface area (Å²) >= 11 is 0. The minimum atomic E-state index is -0.138. The van der Waals surface area contributed by atoms with Gasteiger partial charge in [-0.2, -0.15) is 0 Å². The molecule has 0 aromatic rings. The van der Waals surface area contributed by atoms with Crippen molar-refractivity contribution in [2.75, 3.05) is 59.9 Å². The van der Waals surface area contributed by atoms with Gasteiger partial charge in [0.25, 0.3) is 0 Å². The number of piperazine rings is 1. The third kappa shape index (κ3) is 3.91. The summed E-state index contributed by atoms with van der Waals surface area (Å²) < 4.78 is 0. The zero-order valence-corrected chi connectivity index (χ0v) is 11.9. The molecule has 2 aliphatic rings. The average molecular weight is 268 g/mol. The molecule has 2 saturated heterocycles. The maximum Gasteiger partial charge on any atom is 0.228 e. The first-order valence-electron chi connectivity index (χ1n) is 6.99. The van der Waals surface area contributed by atoms with Crippen LogP contribution < -0.4 is 5.32 Å². The molecule has 0 aliphatic carbocycles. The second-order valence-corrected chi connectivity index (χ2v) is 5.68. The standard InChI is InChI=1S/C13H24N4O2/c1-15(2)3-4-16-5-7-17(8-6-16)13(19)11-9-12(18)14-10-11/h11H,3-10H2,1-2H3,(H,14,18). The lowest BCUT2D eigenvalue weighted by Crippen LogP contribution is -2.51. The van der Waals surface area contributed by atoms with Crippen LogP contribution >= 0.6 is 0 Å². The van der Waals surface area contributed by atoms with Crippen molar-refractivity contribution in [2.24, 2.45) is 5.92 Å². The highest BCUT2D eigenvalue weighted by atomic mass is 16.2. The smallest absolute Gasteiger partial charge is 0.228 e. The summed E-state index contributed by atoms with van der Waals surface area (Å²) in [6, 6.07) is 0. The van der Waals surface area contributed by atoms with E-state index in [1.165, 1.54) is 0 Å². The Hall–Kier alpha value is -1.14. The molecule has 2 rings (SSSR count). The topological polar surface area (TPSA) is 55.9 Å². The number of carbonyl (C=O) groups excluding carboxylic acids is 2. The van der Waals surface area contributed by atoms with Crippen LogP contribution in [-0.2, 0) is 9.59 Å². The van der Waals surface area contributed by atoms with Crippen LogP contribution in [0.4, 0.5) is 0 Å². The first-order chi connectivity index (χ1) is 9.06. The van der Waals surface area contributed by atoms with Crippen molar-refractivity contribution >= 4 is 11.8 Å². The highest BCUT2D eigenvalue weighted by Crippen LogP contribution is 2.14. The molecule has 1 atom stereocenters. The molecular weight excluding hydrogens is 244 g/mol. The van der Waals surface area contributed by atoms with Crippen molar-refractivity contribution in [1.82, 2.24) is 20.0 Å². The molecule has 0 radical (unpaired) electrons. The lowest BCUT2D eigenvalue weighted by atomic mass is 10.1. The van der Waals surface area contributed by atoms with E-state index in [-0.39, 0.29) is 17.7 Å². The molecule has 19 heavy (non-hydrogen) atoms. The van der Waals surface area contributed by atoms with Crippen molar-refractivity contribution in [1.29, 1.82) is 0 Å². The summed E-state index contributed by atoms with van der Waals surface area (Å²) in [4.78, 5) is 29.9. The summed E-state index contributed by atoms with van der Waals surface area (Å²) in [6.07, 6.45) is 0.361. The molecule has 1 unspecified atom stereocenters. The van der Waals surface area contributed by atoms with E-state index >= 15 is 0 Å². The largest absolute Gasteiger partial charge is 0.355 e. The van der Waals surface area contributed by atoms with Crippen molar-refractivity contribution in [3.63, 3.8) is 0 Å². The highest BCUT2D eigenvalue weighted by Gasteiger charge is 2.32. The number of hydrogen-bond donors (Lipinski definition) is 1. The molecule has 2 heterocycles. The predicted molar refractivity (Wildman–Crippen MR) is 72.7 cm³/mol. The van der Waals surface area contributed by atoms with Crippen molar-refractivity contribution in [3.05, 3.63) is 0 Å². The van der Waals surface area contributed by atoms with Gasteiger partial charge in [0, 0.05) is 52.2 Å². The molecule has 0 saturated carbocycles. The Bertz CT molecular complexity index is 338. The van der Waals surface area contributed by atoms with Gasteiger partial charge in [0.15, 0.2) is 0 Å². The van der Waals surface area contributed by atoms with Crippen LogP contribution in [0.1, 0.15) is 6.42 Å². The molecule has 108 valence electrons. The Morgan fingerprint density at radius 2 is 2.00 bits per heavy atom. The monoisotopic (exact) mass is 268 g/mol. The van der Waals surface area contributed by atoms with Gasteiger partial charge in [0.1, 0.15) is 0 Å². The molecule has 0 bridgehead atoms. The Labute approximate surface area is 114 Å². The maximum absolute atomic E-state index is 12.2. The van der Waals surface area contributed by atoms with Crippen LogP contribution in [0.3, 0.4) is 0 Å². The quantitative estimate of drug-likeness (QED) is 0.698. The first kappa shape index (κ1) is 14.3. The molecule has 2 fully saturated rings.